The minimum Gasteiger partial charge on any atom is -0.465 e. The molecule has 0 saturated carbocycles. The van der Waals surface area contributed by atoms with Crippen molar-refractivity contribution in [1.29, 1.82) is 0 Å². The minimum atomic E-state index is -0.569. The number of hydrogen-bond donors (Lipinski definition) is 1. The Morgan fingerprint density at radius 2 is 2.62 bits per heavy atom. The van der Waals surface area contributed by atoms with Crippen LogP contribution in [-0.4, -0.2) is 23.6 Å². The van der Waals surface area contributed by atoms with Crippen LogP contribution in [0.25, 0.3) is 0 Å². The van der Waals surface area contributed by atoms with E-state index in [-0.39, 0.29) is 5.97 Å². The molecule has 0 aromatic carbocycles. The molecule has 2 N–H and O–H groups in total. The molecule has 1 aromatic heterocycles. The molecule has 13 heavy (non-hydrogen) atoms. The summed E-state index contributed by atoms with van der Waals surface area (Å²) in [6, 6.07) is -0.569. The molecule has 1 heterocycles. The monoisotopic (exact) mass is 200 g/mol. The van der Waals surface area contributed by atoms with Gasteiger partial charge in [-0.1, -0.05) is 0 Å². The van der Waals surface area contributed by atoms with E-state index in [0.29, 0.717) is 13.0 Å². The van der Waals surface area contributed by atoms with Gasteiger partial charge in [-0.3, -0.25) is 9.78 Å². The van der Waals surface area contributed by atoms with Crippen LogP contribution in [0.4, 0.5) is 0 Å². The Balaban J connectivity index is 2.41. The molecule has 0 aliphatic heterocycles. The molecule has 0 unspecified atom stereocenters. The van der Waals surface area contributed by atoms with Crippen LogP contribution in [0.2, 0.25) is 0 Å². The summed E-state index contributed by atoms with van der Waals surface area (Å²) in [6.45, 7) is 2.13. The highest BCUT2D eigenvalue weighted by Gasteiger charge is 2.15. The number of nitrogens with zero attached hydrogens (tertiary/aromatic N) is 1. The topological polar surface area (TPSA) is 65.2 Å². The van der Waals surface area contributed by atoms with Gasteiger partial charge in [-0.15, -0.1) is 11.3 Å². The van der Waals surface area contributed by atoms with Crippen LogP contribution in [0.5, 0.6) is 0 Å². The summed E-state index contributed by atoms with van der Waals surface area (Å²) in [4.78, 5) is 16.0. The van der Waals surface area contributed by atoms with Gasteiger partial charge in [0, 0.05) is 17.5 Å². The van der Waals surface area contributed by atoms with Gasteiger partial charge >= 0.3 is 5.97 Å². The normalized spacial score (nSPS) is 12.5. The zero-order valence-corrected chi connectivity index (χ0v) is 8.21. The van der Waals surface area contributed by atoms with E-state index < -0.39 is 6.04 Å². The number of rotatable bonds is 4. The van der Waals surface area contributed by atoms with Crippen molar-refractivity contribution in [2.24, 2.45) is 5.73 Å². The van der Waals surface area contributed by atoms with Crippen molar-refractivity contribution in [3.63, 3.8) is 0 Å². The first-order valence-corrected chi connectivity index (χ1v) is 4.91. The molecule has 0 radical (unpaired) electrons. The largest absolute Gasteiger partial charge is 0.465 e. The molecule has 0 spiro atoms. The number of nitrogens with two attached hydrogens (primary N) is 1. The van der Waals surface area contributed by atoms with Gasteiger partial charge in [-0.25, -0.2) is 0 Å². The van der Waals surface area contributed by atoms with Crippen molar-refractivity contribution in [3.8, 4) is 0 Å². The van der Waals surface area contributed by atoms with Crippen molar-refractivity contribution < 1.29 is 9.53 Å². The summed E-state index contributed by atoms with van der Waals surface area (Å²) in [5.74, 6) is -0.351. The van der Waals surface area contributed by atoms with Crippen molar-refractivity contribution in [2.45, 2.75) is 19.4 Å². The highest BCUT2D eigenvalue weighted by Crippen LogP contribution is 2.08. The van der Waals surface area contributed by atoms with E-state index in [1.165, 1.54) is 11.3 Å². The maximum atomic E-state index is 11.1. The van der Waals surface area contributed by atoms with Crippen LogP contribution >= 0.6 is 11.3 Å². The first kappa shape index (κ1) is 10.1. The highest BCUT2D eigenvalue weighted by atomic mass is 32.1. The lowest BCUT2D eigenvalue weighted by Gasteiger charge is -2.08. The average molecular weight is 200 g/mol. The lowest BCUT2D eigenvalue weighted by molar-refractivity contribution is -0.144. The lowest BCUT2D eigenvalue weighted by atomic mass is 10.2. The highest BCUT2D eigenvalue weighted by molar-refractivity contribution is 7.09. The van der Waals surface area contributed by atoms with E-state index in [2.05, 4.69) is 4.98 Å². The number of thiazole rings is 1. The van der Waals surface area contributed by atoms with Gasteiger partial charge in [0.2, 0.25) is 0 Å². The second kappa shape index (κ2) is 4.94. The van der Waals surface area contributed by atoms with Gasteiger partial charge in [-0.05, 0) is 6.92 Å². The van der Waals surface area contributed by atoms with Crippen molar-refractivity contribution >= 4 is 17.3 Å². The van der Waals surface area contributed by atoms with Crippen LogP contribution in [0, 0.1) is 0 Å². The Bertz CT molecular complexity index is 261. The SMILES string of the molecule is CCOC(=O)[C@@H](N)Cc1cncs1. The molecular formula is C8H12N2O2S. The Morgan fingerprint density at radius 1 is 1.85 bits per heavy atom. The van der Waals surface area contributed by atoms with Gasteiger partial charge in [0.1, 0.15) is 6.04 Å². The summed E-state index contributed by atoms with van der Waals surface area (Å²) in [5, 5.41) is 0. The smallest absolute Gasteiger partial charge is 0.323 e. The predicted molar refractivity (Wildman–Crippen MR) is 50.4 cm³/mol. The summed E-state index contributed by atoms with van der Waals surface area (Å²) in [7, 11) is 0. The van der Waals surface area contributed by atoms with E-state index >= 15 is 0 Å². The third-order valence-electron chi connectivity index (χ3n) is 1.49. The van der Waals surface area contributed by atoms with Crippen LogP contribution in [0.3, 0.4) is 0 Å². The first-order chi connectivity index (χ1) is 6.24. The molecule has 1 atom stereocenters. The second-order valence-electron chi connectivity index (χ2n) is 2.53. The molecule has 4 nitrogen and oxygen atoms in total. The maximum absolute atomic E-state index is 11.1. The molecule has 0 amide bonds. The van der Waals surface area contributed by atoms with E-state index in [0.717, 1.165) is 4.88 Å². The van der Waals surface area contributed by atoms with Gasteiger partial charge in [0.15, 0.2) is 0 Å². The number of carbonyl (C=O) groups excluding carboxylic acids is 1. The van der Waals surface area contributed by atoms with E-state index in [1.807, 2.05) is 0 Å². The molecular weight excluding hydrogens is 188 g/mol. The predicted octanol–water partition coefficient (Wildman–Crippen LogP) is 0.576. The third-order valence-corrected chi connectivity index (χ3v) is 2.30. The molecule has 1 aromatic rings. The Kier molecular flexibility index (Phi) is 3.85. The van der Waals surface area contributed by atoms with Crippen LogP contribution < -0.4 is 5.73 Å². The third kappa shape index (κ3) is 3.12. The summed E-state index contributed by atoms with van der Waals surface area (Å²) in [5.41, 5.74) is 7.31. The van der Waals surface area contributed by atoms with Crippen molar-refractivity contribution in [1.82, 2.24) is 4.98 Å². The number of aromatic nitrogens is 1. The van der Waals surface area contributed by atoms with E-state index in [9.17, 15) is 4.79 Å². The molecule has 5 heteroatoms. The maximum Gasteiger partial charge on any atom is 0.323 e. The first-order valence-electron chi connectivity index (χ1n) is 4.03. The molecule has 0 bridgehead atoms. The number of hydrogen-bond acceptors (Lipinski definition) is 5. The second-order valence-corrected chi connectivity index (χ2v) is 3.50. The molecule has 0 aliphatic rings. The number of esters is 1. The Morgan fingerprint density at radius 3 is 3.15 bits per heavy atom. The van der Waals surface area contributed by atoms with Crippen LogP contribution in [0.15, 0.2) is 11.7 Å². The number of carbonyl (C=O) groups is 1. The average Bonchev–Trinajstić information content (AvgIpc) is 2.57. The van der Waals surface area contributed by atoms with Gasteiger partial charge in [0.05, 0.1) is 12.1 Å². The van der Waals surface area contributed by atoms with E-state index in [1.54, 1.807) is 18.6 Å². The fourth-order valence-electron chi connectivity index (χ4n) is 0.892. The fraction of sp³-hybridized carbons (Fsp3) is 0.500. The Labute approximate surface area is 80.7 Å². The van der Waals surface area contributed by atoms with Gasteiger partial charge < -0.3 is 10.5 Å². The molecule has 72 valence electrons. The zero-order chi connectivity index (χ0) is 9.68. The quantitative estimate of drug-likeness (QED) is 0.722. The van der Waals surface area contributed by atoms with Crippen molar-refractivity contribution in [3.05, 3.63) is 16.6 Å². The number of ether oxygens (including phenoxy) is 1. The van der Waals surface area contributed by atoms with Crippen LogP contribution in [0.1, 0.15) is 11.8 Å². The zero-order valence-electron chi connectivity index (χ0n) is 7.40. The summed E-state index contributed by atoms with van der Waals surface area (Å²) < 4.78 is 4.77. The lowest BCUT2D eigenvalue weighted by Crippen LogP contribution is -2.34. The summed E-state index contributed by atoms with van der Waals surface area (Å²) >= 11 is 1.49. The standard InChI is InChI=1S/C8H12N2O2S/c1-2-12-8(11)7(9)3-6-4-10-5-13-6/h4-5,7H,2-3,9H2,1H3/t7-/m0/s1. The molecule has 0 aliphatic carbocycles. The van der Waals surface area contributed by atoms with Crippen LogP contribution in [-0.2, 0) is 16.0 Å². The molecule has 0 fully saturated rings. The van der Waals surface area contributed by atoms with Gasteiger partial charge in [-0.2, -0.15) is 0 Å². The van der Waals surface area contributed by atoms with E-state index in [4.69, 9.17) is 10.5 Å². The fourth-order valence-corrected chi connectivity index (χ4v) is 1.55. The van der Waals surface area contributed by atoms with Gasteiger partial charge in [0.25, 0.3) is 0 Å². The Hall–Kier alpha value is -0.940. The molecule has 1 rings (SSSR count). The molecule has 0 saturated heterocycles. The van der Waals surface area contributed by atoms with Crippen molar-refractivity contribution in [2.75, 3.05) is 6.61 Å². The summed E-state index contributed by atoms with van der Waals surface area (Å²) in [6.07, 6.45) is 2.22. The minimum absolute atomic E-state index is 0.351.